The standard InChI is InChI=1S/C12H18ClN3S/c1-17-12-6-11(15-8-16-12)14-7-9-2-4-10(13)5-3-9/h6,8-10H,2-5,7H2,1H3,(H,14,15,16). The lowest BCUT2D eigenvalue weighted by Gasteiger charge is -2.25. The summed E-state index contributed by atoms with van der Waals surface area (Å²) in [5, 5.41) is 4.80. The average Bonchev–Trinajstić information content (AvgIpc) is 2.38. The number of hydrogen-bond acceptors (Lipinski definition) is 4. The maximum atomic E-state index is 6.09. The van der Waals surface area contributed by atoms with E-state index in [-0.39, 0.29) is 0 Å². The van der Waals surface area contributed by atoms with E-state index in [1.807, 2.05) is 12.3 Å². The number of nitrogens with one attached hydrogen (secondary N) is 1. The Kier molecular flexibility index (Phi) is 4.92. The Morgan fingerprint density at radius 3 is 2.82 bits per heavy atom. The Hall–Kier alpha value is -0.480. The summed E-state index contributed by atoms with van der Waals surface area (Å²) in [4.78, 5) is 8.38. The number of hydrogen-bond donors (Lipinski definition) is 1. The van der Waals surface area contributed by atoms with Gasteiger partial charge in [0.05, 0.1) is 0 Å². The number of nitrogens with zero attached hydrogens (tertiary/aromatic N) is 2. The topological polar surface area (TPSA) is 37.8 Å². The van der Waals surface area contributed by atoms with Gasteiger partial charge in [0, 0.05) is 18.0 Å². The quantitative estimate of drug-likeness (QED) is 0.517. The van der Waals surface area contributed by atoms with E-state index >= 15 is 0 Å². The van der Waals surface area contributed by atoms with Gasteiger partial charge in [-0.2, -0.15) is 0 Å². The minimum atomic E-state index is 0.397. The van der Waals surface area contributed by atoms with Crippen LogP contribution in [-0.2, 0) is 0 Å². The van der Waals surface area contributed by atoms with Gasteiger partial charge in [-0.3, -0.25) is 0 Å². The SMILES string of the molecule is CSc1cc(NCC2CCC(Cl)CC2)ncn1. The molecule has 1 fully saturated rings. The molecule has 0 spiro atoms. The van der Waals surface area contributed by atoms with Crippen LogP contribution in [0.3, 0.4) is 0 Å². The number of alkyl halides is 1. The molecule has 1 aromatic rings. The summed E-state index contributed by atoms with van der Waals surface area (Å²) in [6.07, 6.45) is 8.38. The van der Waals surface area contributed by atoms with E-state index < -0.39 is 0 Å². The van der Waals surface area contributed by atoms with Crippen LogP contribution in [0.4, 0.5) is 5.82 Å². The lowest BCUT2D eigenvalue weighted by atomic mass is 9.89. The highest BCUT2D eigenvalue weighted by molar-refractivity contribution is 7.98. The second-order valence-corrected chi connectivity index (χ2v) is 5.89. The van der Waals surface area contributed by atoms with Crippen molar-refractivity contribution in [3.05, 3.63) is 12.4 Å². The summed E-state index contributed by atoms with van der Waals surface area (Å²) >= 11 is 7.73. The number of halogens is 1. The highest BCUT2D eigenvalue weighted by Crippen LogP contribution is 2.27. The van der Waals surface area contributed by atoms with E-state index in [9.17, 15) is 0 Å². The molecule has 0 bridgehead atoms. The van der Waals surface area contributed by atoms with Crippen molar-refractivity contribution in [1.82, 2.24) is 9.97 Å². The third-order valence-electron chi connectivity index (χ3n) is 3.20. The van der Waals surface area contributed by atoms with Gasteiger partial charge in [-0.1, -0.05) is 0 Å². The van der Waals surface area contributed by atoms with Crippen LogP contribution in [-0.4, -0.2) is 28.1 Å². The van der Waals surface area contributed by atoms with Crippen molar-refractivity contribution in [2.45, 2.75) is 36.1 Å². The molecule has 1 aromatic heterocycles. The molecule has 1 aliphatic carbocycles. The molecule has 1 saturated carbocycles. The largest absolute Gasteiger partial charge is 0.370 e. The fraction of sp³-hybridized carbons (Fsp3) is 0.667. The Bertz CT molecular complexity index is 353. The van der Waals surface area contributed by atoms with E-state index in [1.54, 1.807) is 18.1 Å². The Morgan fingerprint density at radius 1 is 1.35 bits per heavy atom. The molecule has 94 valence electrons. The molecule has 1 aliphatic rings. The van der Waals surface area contributed by atoms with Gasteiger partial charge >= 0.3 is 0 Å². The fourth-order valence-electron chi connectivity index (χ4n) is 2.12. The van der Waals surface area contributed by atoms with Gasteiger partial charge in [0.2, 0.25) is 0 Å². The van der Waals surface area contributed by atoms with Crippen molar-refractivity contribution in [1.29, 1.82) is 0 Å². The molecular formula is C12H18ClN3S. The van der Waals surface area contributed by atoms with Crippen molar-refractivity contribution >= 4 is 29.2 Å². The van der Waals surface area contributed by atoms with E-state index in [0.29, 0.717) is 5.38 Å². The molecule has 3 nitrogen and oxygen atoms in total. The molecular weight excluding hydrogens is 254 g/mol. The van der Waals surface area contributed by atoms with Crippen LogP contribution >= 0.6 is 23.4 Å². The maximum Gasteiger partial charge on any atom is 0.130 e. The highest BCUT2D eigenvalue weighted by atomic mass is 35.5. The first-order valence-electron chi connectivity index (χ1n) is 6.02. The summed E-state index contributed by atoms with van der Waals surface area (Å²) < 4.78 is 0. The van der Waals surface area contributed by atoms with Gasteiger partial charge in [-0.15, -0.1) is 23.4 Å². The zero-order chi connectivity index (χ0) is 12.1. The molecule has 1 heterocycles. The van der Waals surface area contributed by atoms with Crippen LogP contribution in [0.1, 0.15) is 25.7 Å². The van der Waals surface area contributed by atoms with Crippen LogP contribution < -0.4 is 5.32 Å². The summed E-state index contributed by atoms with van der Waals surface area (Å²) in [6.45, 7) is 0.994. The van der Waals surface area contributed by atoms with Gasteiger partial charge in [0.15, 0.2) is 0 Å². The lowest BCUT2D eigenvalue weighted by molar-refractivity contribution is 0.377. The molecule has 0 aromatic carbocycles. The third kappa shape index (κ3) is 4.03. The smallest absolute Gasteiger partial charge is 0.130 e. The van der Waals surface area contributed by atoms with Crippen molar-refractivity contribution in [2.75, 3.05) is 18.1 Å². The molecule has 0 aliphatic heterocycles. The number of rotatable bonds is 4. The first-order valence-corrected chi connectivity index (χ1v) is 7.68. The zero-order valence-corrected chi connectivity index (χ0v) is 11.6. The third-order valence-corrected chi connectivity index (χ3v) is 4.28. The van der Waals surface area contributed by atoms with Crippen LogP contribution in [0.25, 0.3) is 0 Å². The van der Waals surface area contributed by atoms with E-state index in [4.69, 9.17) is 11.6 Å². The normalized spacial score (nSPS) is 24.6. The Morgan fingerprint density at radius 2 is 2.12 bits per heavy atom. The fourth-order valence-corrected chi connectivity index (χ4v) is 2.76. The Labute approximate surface area is 112 Å². The number of thioether (sulfide) groups is 1. The molecule has 0 saturated heterocycles. The molecule has 17 heavy (non-hydrogen) atoms. The van der Waals surface area contributed by atoms with Gasteiger partial charge in [0.1, 0.15) is 17.2 Å². The zero-order valence-electron chi connectivity index (χ0n) is 10.0. The summed E-state index contributed by atoms with van der Waals surface area (Å²) in [5.41, 5.74) is 0. The number of aromatic nitrogens is 2. The predicted molar refractivity (Wildman–Crippen MR) is 73.9 cm³/mol. The molecule has 0 atom stereocenters. The van der Waals surface area contributed by atoms with Crippen molar-refractivity contribution in [3.8, 4) is 0 Å². The van der Waals surface area contributed by atoms with E-state index in [0.717, 1.165) is 36.1 Å². The minimum Gasteiger partial charge on any atom is -0.370 e. The van der Waals surface area contributed by atoms with E-state index in [1.165, 1.54) is 12.8 Å². The van der Waals surface area contributed by atoms with Crippen molar-refractivity contribution in [3.63, 3.8) is 0 Å². The van der Waals surface area contributed by atoms with Crippen molar-refractivity contribution < 1.29 is 0 Å². The molecule has 1 N–H and O–H groups in total. The summed E-state index contributed by atoms with van der Waals surface area (Å²) in [5.74, 6) is 1.66. The van der Waals surface area contributed by atoms with Crippen LogP contribution in [0.2, 0.25) is 0 Å². The molecule has 2 rings (SSSR count). The lowest BCUT2D eigenvalue weighted by Crippen LogP contribution is -2.21. The van der Waals surface area contributed by atoms with Gasteiger partial charge < -0.3 is 5.32 Å². The molecule has 0 radical (unpaired) electrons. The summed E-state index contributed by atoms with van der Waals surface area (Å²) in [7, 11) is 0. The average molecular weight is 272 g/mol. The number of anilines is 1. The van der Waals surface area contributed by atoms with Crippen molar-refractivity contribution in [2.24, 2.45) is 5.92 Å². The second-order valence-electron chi connectivity index (χ2n) is 4.44. The second kappa shape index (κ2) is 6.45. The highest BCUT2D eigenvalue weighted by Gasteiger charge is 2.19. The first kappa shape index (κ1) is 13.0. The van der Waals surface area contributed by atoms with Gasteiger partial charge in [0.25, 0.3) is 0 Å². The van der Waals surface area contributed by atoms with Gasteiger partial charge in [-0.05, 0) is 37.9 Å². The van der Waals surface area contributed by atoms with Gasteiger partial charge in [-0.25, -0.2) is 9.97 Å². The van der Waals surface area contributed by atoms with Crippen LogP contribution in [0, 0.1) is 5.92 Å². The predicted octanol–water partition coefficient (Wildman–Crippen LogP) is 3.41. The Balaban J connectivity index is 1.81. The molecule has 5 heteroatoms. The van der Waals surface area contributed by atoms with Crippen LogP contribution in [0.5, 0.6) is 0 Å². The minimum absolute atomic E-state index is 0.397. The first-order chi connectivity index (χ1) is 8.28. The molecule has 0 amide bonds. The van der Waals surface area contributed by atoms with Crippen LogP contribution in [0.15, 0.2) is 17.4 Å². The summed E-state index contributed by atoms with van der Waals surface area (Å²) in [6, 6.07) is 2.00. The monoisotopic (exact) mass is 271 g/mol. The maximum absolute atomic E-state index is 6.09. The van der Waals surface area contributed by atoms with E-state index in [2.05, 4.69) is 15.3 Å². The molecule has 0 unspecified atom stereocenters.